The molecule has 9 heteroatoms. The summed E-state index contributed by atoms with van der Waals surface area (Å²) in [6.45, 7) is 0. The van der Waals surface area contributed by atoms with Gasteiger partial charge in [0, 0.05) is 0 Å². The smallest absolute Gasteiger partial charge is 0.771 e. The molecule has 0 aromatic heterocycles. The molecule has 0 spiro atoms. The second kappa shape index (κ2) is 14.2. The molecule has 64 valence electrons. The molecule has 2 unspecified atom stereocenters. The average Bonchev–Trinajstić information content (AvgIpc) is 1.89. The fourth-order valence-electron chi connectivity index (χ4n) is 0. The van der Waals surface area contributed by atoms with E-state index in [0.29, 0.717) is 0 Å². The maximum Gasteiger partial charge on any atom is 2.00 e. The molecule has 0 aliphatic rings. The van der Waals surface area contributed by atoms with Crippen molar-refractivity contribution < 1.29 is 17.5 Å². The van der Waals surface area contributed by atoms with Crippen molar-refractivity contribution in [2.24, 2.45) is 11.5 Å². The van der Waals surface area contributed by atoms with E-state index in [1.807, 2.05) is 0 Å². The first-order chi connectivity index (χ1) is 4.54. The minimum Gasteiger partial charge on any atom is -0.771 e. The van der Waals surface area contributed by atoms with Gasteiger partial charge < -0.3 is 20.6 Å². The topological polar surface area (TPSA) is 132 Å². The SMILES string of the molecule is NCS(=O)[O-].NCS(=O)[O-].[Ba+2]. The van der Waals surface area contributed by atoms with Gasteiger partial charge in [-0.25, -0.2) is 0 Å². The summed E-state index contributed by atoms with van der Waals surface area (Å²) in [4.78, 5) is 0. The molecule has 0 amide bonds. The molecule has 0 heterocycles. The molecule has 11 heavy (non-hydrogen) atoms. The van der Waals surface area contributed by atoms with Crippen LogP contribution in [0, 0.1) is 0 Å². The maximum absolute atomic E-state index is 9.24. The molecule has 0 aromatic carbocycles. The second-order valence-electron chi connectivity index (χ2n) is 0.941. The van der Waals surface area contributed by atoms with Crippen LogP contribution in [0.15, 0.2) is 0 Å². The molecule has 2 atom stereocenters. The monoisotopic (exact) mass is 326 g/mol. The van der Waals surface area contributed by atoms with Crippen LogP contribution in [0.2, 0.25) is 0 Å². The Morgan fingerprint density at radius 1 is 1.00 bits per heavy atom. The molecule has 0 aliphatic heterocycles. The van der Waals surface area contributed by atoms with Gasteiger partial charge in [-0.2, -0.15) is 0 Å². The van der Waals surface area contributed by atoms with Gasteiger partial charge in [-0.1, -0.05) is 0 Å². The molecule has 0 saturated heterocycles. The predicted molar refractivity (Wildman–Crippen MR) is 41.7 cm³/mol. The number of hydrogen-bond donors (Lipinski definition) is 2. The third kappa shape index (κ3) is 33.9. The summed E-state index contributed by atoms with van der Waals surface area (Å²) >= 11 is -4.09. The van der Waals surface area contributed by atoms with Crippen molar-refractivity contribution in [2.75, 3.05) is 11.8 Å². The van der Waals surface area contributed by atoms with Gasteiger partial charge in [-0.3, -0.25) is 8.42 Å². The van der Waals surface area contributed by atoms with E-state index in [-0.39, 0.29) is 60.6 Å². The Labute approximate surface area is 110 Å². The van der Waals surface area contributed by atoms with Crippen molar-refractivity contribution in [3.05, 3.63) is 0 Å². The Morgan fingerprint density at radius 3 is 1.09 bits per heavy atom. The van der Waals surface area contributed by atoms with Gasteiger partial charge in [0.1, 0.15) is 0 Å². The Kier molecular flexibility index (Phi) is 23.9. The number of hydrogen-bond acceptors (Lipinski definition) is 6. The molecule has 0 saturated carbocycles. The molecule has 6 nitrogen and oxygen atoms in total. The van der Waals surface area contributed by atoms with Crippen LogP contribution in [0.3, 0.4) is 0 Å². The summed E-state index contributed by atoms with van der Waals surface area (Å²) in [5.74, 6) is -0.556. The summed E-state index contributed by atoms with van der Waals surface area (Å²) in [6.07, 6.45) is 0. The van der Waals surface area contributed by atoms with Crippen LogP contribution in [-0.4, -0.2) is 78.2 Å². The van der Waals surface area contributed by atoms with Gasteiger partial charge in [0.05, 0.1) is 11.8 Å². The summed E-state index contributed by atoms with van der Waals surface area (Å²) in [7, 11) is 0. The van der Waals surface area contributed by atoms with Crippen LogP contribution in [0.5, 0.6) is 0 Å². The van der Waals surface area contributed by atoms with Crippen molar-refractivity contribution in [1.82, 2.24) is 0 Å². The minimum absolute atomic E-state index is 0. The van der Waals surface area contributed by atoms with E-state index in [0.717, 1.165) is 0 Å². The first kappa shape index (κ1) is 18.5. The van der Waals surface area contributed by atoms with Gasteiger partial charge >= 0.3 is 48.9 Å². The van der Waals surface area contributed by atoms with E-state index < -0.39 is 22.2 Å². The summed E-state index contributed by atoms with van der Waals surface area (Å²) in [5.41, 5.74) is 9.12. The van der Waals surface area contributed by atoms with Gasteiger partial charge in [0.15, 0.2) is 0 Å². The third-order valence-electron chi connectivity index (χ3n) is 0.272. The van der Waals surface area contributed by atoms with Gasteiger partial charge in [-0.05, 0) is 22.2 Å². The van der Waals surface area contributed by atoms with Crippen LogP contribution in [0.25, 0.3) is 0 Å². The molecular formula is C2H8BaN2O4S2. The molecule has 0 aliphatic carbocycles. The van der Waals surface area contributed by atoms with Gasteiger partial charge in [0.2, 0.25) is 0 Å². The summed E-state index contributed by atoms with van der Waals surface area (Å²) < 4.78 is 37.0. The third-order valence-corrected chi connectivity index (χ3v) is 0.816. The van der Waals surface area contributed by atoms with E-state index in [9.17, 15) is 17.5 Å². The largest absolute Gasteiger partial charge is 2.00 e. The quantitative estimate of drug-likeness (QED) is 0.416. The number of rotatable bonds is 2. The van der Waals surface area contributed by atoms with Crippen LogP contribution >= 0.6 is 0 Å². The van der Waals surface area contributed by atoms with Crippen LogP contribution in [0.1, 0.15) is 0 Å². The zero-order valence-corrected chi connectivity index (χ0v) is 11.8. The summed E-state index contributed by atoms with van der Waals surface area (Å²) in [5, 5.41) is 0. The van der Waals surface area contributed by atoms with Gasteiger partial charge in [-0.15, -0.1) is 0 Å². The Morgan fingerprint density at radius 2 is 1.09 bits per heavy atom. The van der Waals surface area contributed by atoms with E-state index in [1.165, 1.54) is 0 Å². The molecule has 0 aromatic rings. The molecule has 0 radical (unpaired) electrons. The second-order valence-corrected chi connectivity index (χ2v) is 2.82. The number of nitrogens with two attached hydrogens (primary N) is 2. The first-order valence-electron chi connectivity index (χ1n) is 2.06. The van der Waals surface area contributed by atoms with E-state index >= 15 is 0 Å². The van der Waals surface area contributed by atoms with Crippen molar-refractivity contribution in [2.45, 2.75) is 0 Å². The Bertz CT molecular complexity index is 109. The van der Waals surface area contributed by atoms with Crippen molar-refractivity contribution >= 4 is 71.0 Å². The predicted octanol–water partition coefficient (Wildman–Crippen LogP) is -2.82. The van der Waals surface area contributed by atoms with E-state index in [2.05, 4.69) is 11.5 Å². The maximum atomic E-state index is 9.24. The molecular weight excluding hydrogens is 317 g/mol. The Hall–Kier alpha value is 1.71. The summed E-state index contributed by atoms with van der Waals surface area (Å²) in [6, 6.07) is 0. The molecule has 0 bridgehead atoms. The van der Waals surface area contributed by atoms with Crippen molar-refractivity contribution in [1.29, 1.82) is 0 Å². The average molecular weight is 326 g/mol. The fraction of sp³-hybridized carbons (Fsp3) is 1.00. The van der Waals surface area contributed by atoms with Crippen molar-refractivity contribution in [3.63, 3.8) is 0 Å². The Balaban J connectivity index is -0.000000107. The normalized spacial score (nSPS) is 13.5. The van der Waals surface area contributed by atoms with Crippen LogP contribution in [0.4, 0.5) is 0 Å². The minimum atomic E-state index is -2.04. The zero-order valence-electron chi connectivity index (χ0n) is 5.73. The first-order valence-corrected chi connectivity index (χ1v) is 4.55. The van der Waals surface area contributed by atoms with Crippen LogP contribution in [-0.2, 0) is 22.2 Å². The van der Waals surface area contributed by atoms with Crippen molar-refractivity contribution in [3.8, 4) is 0 Å². The van der Waals surface area contributed by atoms with E-state index in [4.69, 9.17) is 0 Å². The van der Waals surface area contributed by atoms with E-state index in [1.54, 1.807) is 0 Å². The van der Waals surface area contributed by atoms with Gasteiger partial charge in [0.25, 0.3) is 0 Å². The van der Waals surface area contributed by atoms with Crippen LogP contribution < -0.4 is 11.5 Å². The standard InChI is InChI=1S/2CH5NO2S.Ba/c2*2-1-5(3)4;/h2*1-2H2,(H,3,4);/q;;+2/p-2. The molecule has 0 rings (SSSR count). The fourth-order valence-corrected chi connectivity index (χ4v) is 0. The zero-order chi connectivity index (χ0) is 8.57. The molecule has 4 N–H and O–H groups in total. The molecule has 0 fully saturated rings.